The third-order valence-electron chi connectivity index (χ3n) is 2.59. The molecule has 112 valence electrons. The van der Waals surface area contributed by atoms with E-state index in [9.17, 15) is 9.59 Å². The number of nitrogens with zero attached hydrogens (tertiary/aromatic N) is 4. The molecule has 2 heterocycles. The van der Waals surface area contributed by atoms with Gasteiger partial charge in [-0.05, 0) is 13.0 Å². The fourth-order valence-corrected chi connectivity index (χ4v) is 1.78. The van der Waals surface area contributed by atoms with Gasteiger partial charge in [-0.25, -0.2) is 4.79 Å². The molecule has 0 aliphatic rings. The number of urea groups is 1. The molecule has 0 fully saturated rings. The number of hydrogen-bond acceptors (Lipinski definition) is 4. The summed E-state index contributed by atoms with van der Waals surface area (Å²) < 4.78 is 2.95. The molecule has 2 aromatic rings. The quantitative estimate of drug-likeness (QED) is 0.712. The van der Waals surface area contributed by atoms with Gasteiger partial charge in [0.15, 0.2) is 0 Å². The van der Waals surface area contributed by atoms with Crippen molar-refractivity contribution >= 4 is 17.7 Å². The maximum absolute atomic E-state index is 11.8. The molecule has 0 spiro atoms. The van der Waals surface area contributed by atoms with Crippen LogP contribution in [0.2, 0.25) is 0 Å². The van der Waals surface area contributed by atoms with E-state index in [0.29, 0.717) is 12.2 Å². The average Bonchev–Trinajstić information content (AvgIpc) is 3.00. The highest BCUT2D eigenvalue weighted by Gasteiger charge is 2.10. The maximum atomic E-state index is 11.8. The summed E-state index contributed by atoms with van der Waals surface area (Å²) >= 11 is 0. The number of hydrogen-bond donors (Lipinski definition) is 3. The van der Waals surface area contributed by atoms with E-state index >= 15 is 0 Å². The molecule has 1 unspecified atom stereocenters. The Morgan fingerprint density at radius 1 is 1.38 bits per heavy atom. The summed E-state index contributed by atoms with van der Waals surface area (Å²) in [5.74, 6) is -0.998. The zero-order valence-electron chi connectivity index (χ0n) is 11.4. The monoisotopic (exact) mass is 292 g/mol. The van der Waals surface area contributed by atoms with Crippen molar-refractivity contribution in [3.05, 3.63) is 30.9 Å². The summed E-state index contributed by atoms with van der Waals surface area (Å²) in [6.45, 7) is 2.16. The molecule has 0 radical (unpaired) electrons. The van der Waals surface area contributed by atoms with Crippen LogP contribution >= 0.6 is 0 Å². The van der Waals surface area contributed by atoms with Gasteiger partial charge in [-0.2, -0.15) is 10.2 Å². The minimum atomic E-state index is -0.998. The third-order valence-corrected chi connectivity index (χ3v) is 2.59. The molecule has 1 atom stereocenters. The second kappa shape index (κ2) is 6.55. The number of rotatable bonds is 6. The Morgan fingerprint density at radius 3 is 2.86 bits per heavy atom. The van der Waals surface area contributed by atoms with Crippen molar-refractivity contribution in [2.75, 3.05) is 5.32 Å². The van der Waals surface area contributed by atoms with Crippen LogP contribution in [0.1, 0.15) is 6.92 Å². The number of carbonyl (C=O) groups excluding carboxylic acids is 1. The summed E-state index contributed by atoms with van der Waals surface area (Å²) in [4.78, 5) is 22.3. The highest BCUT2D eigenvalue weighted by Crippen LogP contribution is 2.04. The van der Waals surface area contributed by atoms with Crippen molar-refractivity contribution in [3.63, 3.8) is 0 Å². The summed E-state index contributed by atoms with van der Waals surface area (Å²) in [6.07, 6.45) is 6.32. The molecular weight excluding hydrogens is 276 g/mol. The third kappa shape index (κ3) is 4.64. The van der Waals surface area contributed by atoms with Gasteiger partial charge in [-0.3, -0.25) is 14.2 Å². The van der Waals surface area contributed by atoms with Crippen molar-refractivity contribution < 1.29 is 14.7 Å². The fraction of sp³-hybridized carbons (Fsp3) is 0.333. The predicted molar refractivity (Wildman–Crippen MR) is 73.7 cm³/mol. The Balaban J connectivity index is 1.81. The number of carbonyl (C=O) groups is 2. The van der Waals surface area contributed by atoms with Gasteiger partial charge in [0.1, 0.15) is 6.54 Å². The van der Waals surface area contributed by atoms with Crippen LogP contribution in [0.5, 0.6) is 0 Å². The van der Waals surface area contributed by atoms with Gasteiger partial charge in [0.05, 0.1) is 18.4 Å². The maximum Gasteiger partial charge on any atom is 0.325 e. The van der Waals surface area contributed by atoms with Crippen LogP contribution in [-0.4, -0.2) is 42.7 Å². The van der Waals surface area contributed by atoms with Gasteiger partial charge in [-0.15, -0.1) is 0 Å². The molecule has 21 heavy (non-hydrogen) atoms. The van der Waals surface area contributed by atoms with E-state index in [1.807, 2.05) is 19.2 Å². The molecule has 0 saturated heterocycles. The number of anilines is 1. The Bertz CT molecular complexity index is 606. The zero-order chi connectivity index (χ0) is 15.2. The minimum Gasteiger partial charge on any atom is -0.480 e. The number of amides is 2. The van der Waals surface area contributed by atoms with Crippen LogP contribution < -0.4 is 10.6 Å². The van der Waals surface area contributed by atoms with Crippen molar-refractivity contribution in [1.29, 1.82) is 0 Å². The first-order chi connectivity index (χ1) is 10.0. The Kier molecular flexibility index (Phi) is 4.54. The summed E-state index contributed by atoms with van der Waals surface area (Å²) in [5, 5.41) is 21.9. The van der Waals surface area contributed by atoms with Crippen LogP contribution in [0.15, 0.2) is 30.9 Å². The number of aromatic nitrogens is 4. The van der Waals surface area contributed by atoms with Gasteiger partial charge >= 0.3 is 12.0 Å². The molecule has 2 rings (SSSR count). The highest BCUT2D eigenvalue weighted by molar-refractivity contribution is 5.89. The summed E-state index contributed by atoms with van der Waals surface area (Å²) in [6, 6.07) is 1.31. The van der Waals surface area contributed by atoms with E-state index in [2.05, 4.69) is 20.8 Å². The number of carboxylic acid groups (broad SMARTS) is 1. The molecule has 0 aliphatic carbocycles. The largest absolute Gasteiger partial charge is 0.480 e. The van der Waals surface area contributed by atoms with E-state index in [4.69, 9.17) is 5.11 Å². The zero-order valence-corrected chi connectivity index (χ0v) is 11.4. The normalized spacial score (nSPS) is 11.9. The Hall–Kier alpha value is -2.84. The van der Waals surface area contributed by atoms with Crippen LogP contribution in [-0.2, 0) is 17.9 Å². The van der Waals surface area contributed by atoms with Gasteiger partial charge in [0.25, 0.3) is 0 Å². The van der Waals surface area contributed by atoms with Crippen molar-refractivity contribution in [2.24, 2.45) is 0 Å². The number of aliphatic carboxylic acids is 1. The SMILES string of the molecule is CC(Cn1cccn1)NC(=O)Nc1cnn(CC(=O)O)c1. The van der Waals surface area contributed by atoms with Crippen molar-refractivity contribution in [2.45, 2.75) is 26.1 Å². The molecular formula is C12H16N6O3. The summed E-state index contributed by atoms with van der Waals surface area (Å²) in [7, 11) is 0. The topological polar surface area (TPSA) is 114 Å². The molecule has 9 heteroatoms. The molecule has 9 nitrogen and oxygen atoms in total. The lowest BCUT2D eigenvalue weighted by Gasteiger charge is -2.14. The van der Waals surface area contributed by atoms with E-state index in [-0.39, 0.29) is 18.6 Å². The molecule has 2 amide bonds. The standard InChI is InChI=1S/C12H16N6O3/c1-9(6-17-4-2-3-13-17)15-12(21)16-10-5-14-18(7-10)8-11(19)20/h2-5,7,9H,6,8H2,1H3,(H,19,20)(H2,15,16,21). The molecule has 3 N–H and O–H groups in total. The first kappa shape index (κ1) is 14.6. The van der Waals surface area contributed by atoms with Crippen LogP contribution in [0.4, 0.5) is 10.5 Å². The van der Waals surface area contributed by atoms with E-state index in [1.165, 1.54) is 17.1 Å². The summed E-state index contributed by atoms with van der Waals surface area (Å²) in [5.41, 5.74) is 0.431. The Morgan fingerprint density at radius 2 is 2.19 bits per heavy atom. The van der Waals surface area contributed by atoms with Gasteiger partial charge in [0.2, 0.25) is 0 Å². The van der Waals surface area contributed by atoms with Gasteiger partial charge in [0, 0.05) is 24.6 Å². The van der Waals surface area contributed by atoms with E-state index in [0.717, 1.165) is 0 Å². The molecule has 0 aromatic carbocycles. The lowest BCUT2D eigenvalue weighted by atomic mass is 10.3. The first-order valence-electron chi connectivity index (χ1n) is 6.32. The molecule has 0 aliphatic heterocycles. The molecule has 0 bridgehead atoms. The van der Waals surface area contributed by atoms with Gasteiger partial charge < -0.3 is 15.7 Å². The van der Waals surface area contributed by atoms with Crippen LogP contribution in [0.3, 0.4) is 0 Å². The first-order valence-corrected chi connectivity index (χ1v) is 6.32. The second-order valence-corrected chi connectivity index (χ2v) is 4.55. The lowest BCUT2D eigenvalue weighted by Crippen LogP contribution is -2.38. The number of nitrogens with one attached hydrogen (secondary N) is 2. The smallest absolute Gasteiger partial charge is 0.325 e. The van der Waals surface area contributed by atoms with Crippen molar-refractivity contribution in [1.82, 2.24) is 24.9 Å². The Labute approximate surface area is 120 Å². The fourth-order valence-electron chi connectivity index (χ4n) is 1.78. The predicted octanol–water partition coefficient (Wildman–Crippen LogP) is 0.374. The van der Waals surface area contributed by atoms with E-state index in [1.54, 1.807) is 10.9 Å². The van der Waals surface area contributed by atoms with Crippen molar-refractivity contribution in [3.8, 4) is 0 Å². The van der Waals surface area contributed by atoms with Gasteiger partial charge in [-0.1, -0.05) is 0 Å². The lowest BCUT2D eigenvalue weighted by molar-refractivity contribution is -0.137. The van der Waals surface area contributed by atoms with Crippen LogP contribution in [0.25, 0.3) is 0 Å². The van der Waals surface area contributed by atoms with Crippen LogP contribution in [0, 0.1) is 0 Å². The molecule has 2 aromatic heterocycles. The number of carboxylic acids is 1. The highest BCUT2D eigenvalue weighted by atomic mass is 16.4. The molecule has 0 saturated carbocycles. The van der Waals surface area contributed by atoms with E-state index < -0.39 is 5.97 Å². The average molecular weight is 292 g/mol. The minimum absolute atomic E-state index is 0.112. The second-order valence-electron chi connectivity index (χ2n) is 4.55.